The van der Waals surface area contributed by atoms with Crippen LogP contribution in [0.5, 0.6) is 0 Å². The van der Waals surface area contributed by atoms with Gasteiger partial charge in [-0.15, -0.1) is 0 Å². The molecule has 24 heavy (non-hydrogen) atoms. The highest BCUT2D eigenvalue weighted by Gasteiger charge is 2.15. The van der Waals surface area contributed by atoms with Crippen LogP contribution < -0.4 is 16.4 Å². The molecule has 0 atom stereocenters. The molecule has 3 rings (SSSR count). The number of carbonyl (C=O) groups excluding carboxylic acids is 1. The van der Waals surface area contributed by atoms with Crippen molar-refractivity contribution in [3.8, 4) is 11.1 Å². The van der Waals surface area contributed by atoms with Crippen LogP contribution in [-0.2, 0) is 6.54 Å². The third-order valence-corrected chi connectivity index (χ3v) is 3.61. The van der Waals surface area contributed by atoms with E-state index in [0.29, 0.717) is 28.8 Å². The third-order valence-electron chi connectivity index (χ3n) is 3.36. The second-order valence-electron chi connectivity index (χ2n) is 5.03. The number of anilines is 2. The molecule has 0 saturated carbocycles. The molecule has 0 aliphatic heterocycles. The van der Waals surface area contributed by atoms with Crippen molar-refractivity contribution in [2.45, 2.75) is 6.54 Å². The zero-order valence-corrected chi connectivity index (χ0v) is 13.3. The van der Waals surface area contributed by atoms with Crippen molar-refractivity contribution in [2.75, 3.05) is 11.1 Å². The summed E-state index contributed by atoms with van der Waals surface area (Å²) in [6.07, 6.45) is 3.34. The fourth-order valence-electron chi connectivity index (χ4n) is 2.19. The molecule has 2 aromatic heterocycles. The van der Waals surface area contributed by atoms with Crippen LogP contribution in [0, 0.1) is 0 Å². The number of hydrogen-bond donors (Lipinski definition) is 4. The van der Waals surface area contributed by atoms with E-state index in [2.05, 4.69) is 25.8 Å². The summed E-state index contributed by atoms with van der Waals surface area (Å²) in [5.74, 6) is 0.712. The Bertz CT molecular complexity index is 832. The van der Waals surface area contributed by atoms with Crippen molar-refractivity contribution < 1.29 is 4.79 Å². The van der Waals surface area contributed by atoms with Crippen LogP contribution in [0.1, 0.15) is 5.56 Å². The zero-order chi connectivity index (χ0) is 16.9. The van der Waals surface area contributed by atoms with Gasteiger partial charge in [0.2, 0.25) is 0 Å². The molecule has 5 N–H and O–H groups in total. The summed E-state index contributed by atoms with van der Waals surface area (Å²) in [7, 11) is 0. The molecule has 0 saturated heterocycles. The number of halogens is 1. The predicted octanol–water partition coefficient (Wildman–Crippen LogP) is 3.03. The molecule has 7 nitrogen and oxygen atoms in total. The molecular weight excluding hydrogens is 328 g/mol. The van der Waals surface area contributed by atoms with Gasteiger partial charge in [-0.1, -0.05) is 23.7 Å². The van der Waals surface area contributed by atoms with Gasteiger partial charge in [-0.2, -0.15) is 5.10 Å². The minimum atomic E-state index is -0.381. The van der Waals surface area contributed by atoms with Gasteiger partial charge < -0.3 is 11.1 Å². The number of nitrogens with two attached hydrogens (primary N) is 1. The van der Waals surface area contributed by atoms with Gasteiger partial charge in [0.1, 0.15) is 5.82 Å². The Morgan fingerprint density at radius 1 is 1.17 bits per heavy atom. The topological polar surface area (TPSA) is 109 Å². The van der Waals surface area contributed by atoms with Crippen molar-refractivity contribution in [2.24, 2.45) is 0 Å². The Morgan fingerprint density at radius 3 is 2.58 bits per heavy atom. The number of nitrogens with zero attached hydrogens (tertiary/aromatic N) is 2. The minimum Gasteiger partial charge on any atom is -0.383 e. The van der Waals surface area contributed by atoms with Gasteiger partial charge in [0.05, 0.1) is 5.56 Å². The zero-order valence-electron chi connectivity index (χ0n) is 12.6. The number of carbonyl (C=O) groups is 1. The maximum Gasteiger partial charge on any atom is 0.320 e. The summed E-state index contributed by atoms with van der Waals surface area (Å²) in [6, 6.07) is 10.4. The first-order valence-electron chi connectivity index (χ1n) is 7.17. The molecule has 0 fully saturated rings. The predicted molar refractivity (Wildman–Crippen MR) is 93.5 cm³/mol. The molecule has 0 aliphatic rings. The number of rotatable bonds is 4. The minimum absolute atomic E-state index is 0.349. The number of aromatic amines is 1. The number of hydrogen-bond acceptors (Lipinski definition) is 4. The number of amides is 2. The Morgan fingerprint density at radius 2 is 1.88 bits per heavy atom. The van der Waals surface area contributed by atoms with Gasteiger partial charge in [-0.25, -0.2) is 4.79 Å². The molecule has 2 heterocycles. The standard InChI is InChI=1S/C16H15ClN6O/c17-12-3-1-11(2-4-12)13-14(18)22-23-15(13)21-16(24)20-9-10-5-7-19-8-6-10/h1-8H,9H2,(H5,18,20,21,22,23,24). The van der Waals surface area contributed by atoms with Crippen LogP contribution in [0.3, 0.4) is 0 Å². The summed E-state index contributed by atoms with van der Waals surface area (Å²) < 4.78 is 0. The Balaban J connectivity index is 1.71. The summed E-state index contributed by atoms with van der Waals surface area (Å²) >= 11 is 5.90. The van der Waals surface area contributed by atoms with Crippen LogP contribution >= 0.6 is 11.6 Å². The van der Waals surface area contributed by atoms with E-state index in [-0.39, 0.29) is 6.03 Å². The maximum atomic E-state index is 12.1. The number of urea groups is 1. The molecule has 0 aliphatic carbocycles. The fraction of sp³-hybridized carbons (Fsp3) is 0.0625. The Kier molecular flexibility index (Phi) is 4.62. The number of aromatic nitrogens is 3. The summed E-state index contributed by atoms with van der Waals surface area (Å²) in [5.41, 5.74) is 8.28. The van der Waals surface area contributed by atoms with Gasteiger partial charge in [0, 0.05) is 24.0 Å². The second kappa shape index (κ2) is 7.01. The van der Waals surface area contributed by atoms with Gasteiger partial charge in [-0.05, 0) is 35.4 Å². The number of benzene rings is 1. The number of pyridine rings is 1. The van der Waals surface area contributed by atoms with E-state index in [0.717, 1.165) is 11.1 Å². The molecular formula is C16H15ClN6O. The van der Waals surface area contributed by atoms with Crippen molar-refractivity contribution >= 4 is 29.3 Å². The largest absolute Gasteiger partial charge is 0.383 e. The molecule has 8 heteroatoms. The van der Waals surface area contributed by atoms with Crippen LogP contribution in [0.15, 0.2) is 48.8 Å². The van der Waals surface area contributed by atoms with Crippen molar-refractivity contribution in [3.63, 3.8) is 0 Å². The highest BCUT2D eigenvalue weighted by atomic mass is 35.5. The fourth-order valence-corrected chi connectivity index (χ4v) is 2.32. The smallest absolute Gasteiger partial charge is 0.320 e. The van der Waals surface area contributed by atoms with E-state index in [1.54, 1.807) is 24.5 Å². The summed E-state index contributed by atoms with van der Waals surface area (Å²) in [6.45, 7) is 0.380. The molecule has 3 aromatic rings. The molecule has 122 valence electrons. The van der Waals surface area contributed by atoms with Crippen LogP contribution in [0.25, 0.3) is 11.1 Å². The molecule has 0 unspecified atom stereocenters. The van der Waals surface area contributed by atoms with E-state index in [4.69, 9.17) is 17.3 Å². The monoisotopic (exact) mass is 342 g/mol. The van der Waals surface area contributed by atoms with E-state index in [1.165, 1.54) is 0 Å². The molecule has 0 radical (unpaired) electrons. The van der Waals surface area contributed by atoms with E-state index >= 15 is 0 Å². The van der Waals surface area contributed by atoms with Crippen LogP contribution in [0.2, 0.25) is 5.02 Å². The van der Waals surface area contributed by atoms with Gasteiger partial charge >= 0.3 is 6.03 Å². The van der Waals surface area contributed by atoms with E-state index in [9.17, 15) is 4.79 Å². The number of nitrogen functional groups attached to an aromatic ring is 1. The quantitative estimate of drug-likeness (QED) is 0.584. The molecule has 0 spiro atoms. The van der Waals surface area contributed by atoms with Gasteiger partial charge in [-0.3, -0.25) is 15.4 Å². The molecule has 0 bridgehead atoms. The lowest BCUT2D eigenvalue weighted by Gasteiger charge is -2.08. The average Bonchev–Trinajstić information content (AvgIpc) is 2.95. The van der Waals surface area contributed by atoms with Crippen molar-refractivity contribution in [1.29, 1.82) is 0 Å². The van der Waals surface area contributed by atoms with Gasteiger partial charge in [0.25, 0.3) is 0 Å². The lowest BCUT2D eigenvalue weighted by molar-refractivity contribution is 0.251. The molecule has 1 aromatic carbocycles. The second-order valence-corrected chi connectivity index (χ2v) is 5.47. The van der Waals surface area contributed by atoms with Crippen molar-refractivity contribution in [1.82, 2.24) is 20.5 Å². The normalized spacial score (nSPS) is 10.4. The van der Waals surface area contributed by atoms with Gasteiger partial charge in [0.15, 0.2) is 5.82 Å². The first-order valence-corrected chi connectivity index (χ1v) is 7.55. The summed E-state index contributed by atoms with van der Waals surface area (Å²) in [4.78, 5) is 16.0. The number of H-pyrrole nitrogens is 1. The van der Waals surface area contributed by atoms with Crippen LogP contribution in [-0.4, -0.2) is 21.2 Å². The summed E-state index contributed by atoms with van der Waals surface area (Å²) in [5, 5.41) is 12.8. The third kappa shape index (κ3) is 3.64. The van der Waals surface area contributed by atoms with E-state index < -0.39 is 0 Å². The SMILES string of the molecule is Nc1[nH]nc(NC(=O)NCc2ccncc2)c1-c1ccc(Cl)cc1. The number of nitrogens with one attached hydrogen (secondary N) is 3. The first kappa shape index (κ1) is 15.8. The first-order chi connectivity index (χ1) is 11.6. The maximum absolute atomic E-state index is 12.1. The highest BCUT2D eigenvalue weighted by molar-refractivity contribution is 6.30. The lowest BCUT2D eigenvalue weighted by atomic mass is 10.1. The Labute approximate surface area is 143 Å². The highest BCUT2D eigenvalue weighted by Crippen LogP contribution is 2.32. The Hall–Kier alpha value is -3.06. The van der Waals surface area contributed by atoms with Crippen LogP contribution in [0.4, 0.5) is 16.4 Å². The van der Waals surface area contributed by atoms with E-state index in [1.807, 2.05) is 24.3 Å². The average molecular weight is 343 g/mol. The lowest BCUT2D eigenvalue weighted by Crippen LogP contribution is -2.28. The molecule has 2 amide bonds. The van der Waals surface area contributed by atoms with Crippen molar-refractivity contribution in [3.05, 3.63) is 59.4 Å².